The highest BCUT2D eigenvalue weighted by Crippen LogP contribution is 2.32. The first kappa shape index (κ1) is 23.2. The van der Waals surface area contributed by atoms with Gasteiger partial charge in [0.25, 0.3) is 0 Å². The molecule has 4 rings (SSSR count). The van der Waals surface area contributed by atoms with E-state index in [-0.39, 0.29) is 24.0 Å². The zero-order valence-corrected chi connectivity index (χ0v) is 21.3. The van der Waals surface area contributed by atoms with E-state index in [0.29, 0.717) is 15.6 Å². The molecule has 6 nitrogen and oxygen atoms in total. The van der Waals surface area contributed by atoms with Crippen molar-refractivity contribution in [2.75, 3.05) is 36.0 Å². The van der Waals surface area contributed by atoms with Gasteiger partial charge in [0.05, 0.1) is 5.69 Å². The van der Waals surface area contributed by atoms with Crippen molar-refractivity contribution in [3.63, 3.8) is 0 Å². The lowest BCUT2D eigenvalue weighted by atomic mass is 10.1. The number of thioether (sulfide) groups is 1. The molecule has 0 aromatic heterocycles. The molecule has 2 aromatic carbocycles. The predicted molar refractivity (Wildman–Crippen MR) is 140 cm³/mol. The second-order valence-corrected chi connectivity index (χ2v) is 10.8. The Kier molecular flexibility index (Phi) is 7.16. The quantitative estimate of drug-likeness (QED) is 0.235. The molecule has 2 heterocycles. The molecule has 2 fully saturated rings. The zero-order valence-electron chi connectivity index (χ0n) is 17.5. The van der Waals surface area contributed by atoms with E-state index in [9.17, 15) is 14.4 Å². The number of thiocarbonyl (C=S) groups is 1. The van der Waals surface area contributed by atoms with E-state index in [0.717, 1.165) is 35.4 Å². The van der Waals surface area contributed by atoms with Crippen molar-refractivity contribution in [3.8, 4) is 0 Å². The second-order valence-electron chi connectivity index (χ2n) is 7.70. The highest BCUT2D eigenvalue weighted by Gasteiger charge is 2.41. The van der Waals surface area contributed by atoms with Crippen LogP contribution in [0, 0.1) is 3.57 Å². The number of anilines is 2. The summed E-state index contributed by atoms with van der Waals surface area (Å²) in [6.45, 7) is 4.65. The van der Waals surface area contributed by atoms with Gasteiger partial charge in [-0.25, -0.2) is 4.90 Å². The van der Waals surface area contributed by atoms with Crippen molar-refractivity contribution < 1.29 is 14.4 Å². The monoisotopic (exact) mass is 579 g/mol. The number of benzene rings is 2. The maximum absolute atomic E-state index is 12.9. The first-order valence-corrected chi connectivity index (χ1v) is 12.6. The summed E-state index contributed by atoms with van der Waals surface area (Å²) in [6, 6.07) is 15.0. The fraction of sp³-hybridized carbons (Fsp3) is 0.304. The molecule has 1 unspecified atom stereocenters. The number of Topliss-reactive ketones (excluding diaryl/α,β-unsaturated/α-hetero) is 1. The molecule has 2 aliphatic rings. The number of halogens is 1. The Balaban J connectivity index is 1.33. The number of nitrogens with zero attached hydrogens (tertiary/aromatic N) is 3. The summed E-state index contributed by atoms with van der Waals surface area (Å²) in [7, 11) is 0. The molecule has 32 heavy (non-hydrogen) atoms. The molecule has 2 aromatic rings. The minimum atomic E-state index is -0.480. The highest BCUT2D eigenvalue weighted by molar-refractivity contribution is 14.1. The van der Waals surface area contributed by atoms with E-state index in [1.54, 1.807) is 19.1 Å². The summed E-state index contributed by atoms with van der Waals surface area (Å²) < 4.78 is 1.71. The van der Waals surface area contributed by atoms with Gasteiger partial charge in [-0.05, 0) is 78.0 Å². The van der Waals surface area contributed by atoms with Crippen molar-refractivity contribution in [3.05, 3.63) is 57.7 Å². The molecule has 0 spiro atoms. The van der Waals surface area contributed by atoms with Gasteiger partial charge in [0.1, 0.15) is 9.57 Å². The summed E-state index contributed by atoms with van der Waals surface area (Å²) >= 11 is 9.13. The average Bonchev–Trinajstić information content (AvgIpc) is 3.07. The van der Waals surface area contributed by atoms with Crippen LogP contribution in [0.3, 0.4) is 0 Å². The highest BCUT2D eigenvalue weighted by atomic mass is 127. The third kappa shape index (κ3) is 4.99. The van der Waals surface area contributed by atoms with E-state index in [1.165, 1.54) is 16.7 Å². The minimum absolute atomic E-state index is 0.0595. The Morgan fingerprint density at radius 3 is 2.16 bits per heavy atom. The average molecular weight is 579 g/mol. The Labute approximate surface area is 210 Å². The van der Waals surface area contributed by atoms with E-state index in [1.807, 2.05) is 36.4 Å². The van der Waals surface area contributed by atoms with Gasteiger partial charge in [-0.3, -0.25) is 14.4 Å². The lowest BCUT2D eigenvalue weighted by molar-refractivity contribution is -0.121. The summed E-state index contributed by atoms with van der Waals surface area (Å²) in [4.78, 5) is 42.5. The smallest absolute Gasteiger partial charge is 0.247 e. The van der Waals surface area contributed by atoms with Crippen LogP contribution in [0.1, 0.15) is 23.7 Å². The van der Waals surface area contributed by atoms with Gasteiger partial charge in [-0.15, -0.1) is 0 Å². The van der Waals surface area contributed by atoms with Gasteiger partial charge >= 0.3 is 0 Å². The van der Waals surface area contributed by atoms with Crippen LogP contribution in [-0.2, 0) is 9.59 Å². The molecule has 0 saturated carbocycles. The van der Waals surface area contributed by atoms with Crippen LogP contribution in [0.4, 0.5) is 11.4 Å². The fourth-order valence-electron chi connectivity index (χ4n) is 3.81. The standard InChI is InChI=1S/C23H22IN3O3S2/c1-15(28)16-2-6-18(7-3-16)25-10-12-26(13-11-25)23(31)32-20-14-21(29)27(22(20)30)19-8-4-17(24)5-9-19/h2-9,20H,10-14H2,1H3. The number of hydrogen-bond donors (Lipinski definition) is 0. The molecule has 0 radical (unpaired) electrons. The van der Waals surface area contributed by atoms with Crippen molar-refractivity contribution in [1.82, 2.24) is 4.90 Å². The van der Waals surface area contributed by atoms with Crippen LogP contribution in [0.5, 0.6) is 0 Å². The predicted octanol–water partition coefficient (Wildman–Crippen LogP) is 3.97. The van der Waals surface area contributed by atoms with Gasteiger partial charge in [0.15, 0.2) is 5.78 Å². The molecular weight excluding hydrogens is 557 g/mol. The van der Waals surface area contributed by atoms with Gasteiger partial charge in [0.2, 0.25) is 11.8 Å². The summed E-state index contributed by atoms with van der Waals surface area (Å²) in [6.07, 6.45) is 0.165. The first-order valence-electron chi connectivity index (χ1n) is 10.3. The van der Waals surface area contributed by atoms with Crippen LogP contribution in [0.2, 0.25) is 0 Å². The van der Waals surface area contributed by atoms with E-state index >= 15 is 0 Å². The van der Waals surface area contributed by atoms with Crippen LogP contribution in [0.25, 0.3) is 0 Å². The number of rotatable bonds is 4. The first-order chi connectivity index (χ1) is 15.3. The molecule has 1 atom stereocenters. The molecule has 2 amide bonds. The molecule has 0 bridgehead atoms. The number of amides is 2. The topological polar surface area (TPSA) is 60.9 Å². The maximum atomic E-state index is 12.9. The Morgan fingerprint density at radius 1 is 0.969 bits per heavy atom. The lowest BCUT2D eigenvalue weighted by Crippen LogP contribution is -2.48. The number of ketones is 1. The normalized spacial score (nSPS) is 18.9. The van der Waals surface area contributed by atoms with Crippen molar-refractivity contribution in [2.45, 2.75) is 18.6 Å². The van der Waals surface area contributed by atoms with E-state index in [2.05, 4.69) is 32.4 Å². The van der Waals surface area contributed by atoms with Crippen molar-refractivity contribution in [1.29, 1.82) is 0 Å². The lowest BCUT2D eigenvalue weighted by Gasteiger charge is -2.37. The Hall–Kier alpha value is -1.98. The third-order valence-electron chi connectivity index (χ3n) is 5.61. The fourth-order valence-corrected chi connectivity index (χ4v) is 5.71. The van der Waals surface area contributed by atoms with Crippen LogP contribution in [0.15, 0.2) is 48.5 Å². The molecule has 0 aliphatic carbocycles. The van der Waals surface area contributed by atoms with Crippen LogP contribution in [-0.4, -0.2) is 58.2 Å². The molecule has 2 saturated heterocycles. The van der Waals surface area contributed by atoms with Crippen LogP contribution < -0.4 is 9.80 Å². The second kappa shape index (κ2) is 9.88. The number of carbonyl (C=O) groups is 3. The molecule has 0 N–H and O–H groups in total. The largest absolute Gasteiger partial charge is 0.368 e. The Bertz CT molecular complexity index is 1050. The van der Waals surface area contributed by atoms with Crippen molar-refractivity contribution >= 4 is 79.9 Å². The van der Waals surface area contributed by atoms with Crippen LogP contribution >= 0.6 is 46.6 Å². The van der Waals surface area contributed by atoms with E-state index < -0.39 is 5.25 Å². The summed E-state index contributed by atoms with van der Waals surface area (Å²) in [5.41, 5.74) is 2.40. The third-order valence-corrected chi connectivity index (χ3v) is 7.99. The molecule has 9 heteroatoms. The maximum Gasteiger partial charge on any atom is 0.247 e. The zero-order chi connectivity index (χ0) is 22.8. The number of imide groups is 1. The number of hydrogen-bond acceptors (Lipinski definition) is 6. The van der Waals surface area contributed by atoms with Gasteiger partial charge in [-0.1, -0.05) is 24.0 Å². The van der Waals surface area contributed by atoms with Gasteiger partial charge in [0, 0.05) is 47.4 Å². The Morgan fingerprint density at radius 2 is 1.56 bits per heavy atom. The minimum Gasteiger partial charge on any atom is -0.368 e. The van der Waals surface area contributed by atoms with Gasteiger partial charge < -0.3 is 9.80 Å². The van der Waals surface area contributed by atoms with E-state index in [4.69, 9.17) is 12.2 Å². The summed E-state index contributed by atoms with van der Waals surface area (Å²) in [5, 5.41) is -0.480. The number of piperazine rings is 1. The van der Waals surface area contributed by atoms with Crippen molar-refractivity contribution in [2.24, 2.45) is 0 Å². The molecule has 2 aliphatic heterocycles. The number of carbonyl (C=O) groups excluding carboxylic acids is 3. The molecule has 166 valence electrons. The summed E-state index contributed by atoms with van der Waals surface area (Å²) in [5.74, 6) is -0.327. The van der Waals surface area contributed by atoms with Gasteiger partial charge in [-0.2, -0.15) is 0 Å². The molecular formula is C23H22IN3O3S2. The SMILES string of the molecule is CC(=O)c1ccc(N2CCN(C(=S)SC3CC(=O)N(c4ccc(I)cc4)C3=O)CC2)cc1.